The summed E-state index contributed by atoms with van der Waals surface area (Å²) in [4.78, 5) is 15.5. The van der Waals surface area contributed by atoms with E-state index in [1.165, 1.54) is 0 Å². The van der Waals surface area contributed by atoms with Crippen molar-refractivity contribution in [2.45, 2.75) is 43.4 Å². The van der Waals surface area contributed by atoms with Crippen LogP contribution in [0.3, 0.4) is 0 Å². The summed E-state index contributed by atoms with van der Waals surface area (Å²) in [6, 6.07) is 20.1. The van der Waals surface area contributed by atoms with Crippen molar-refractivity contribution in [1.82, 2.24) is 15.1 Å². The zero-order valence-corrected chi connectivity index (χ0v) is 16.4. The van der Waals surface area contributed by atoms with E-state index < -0.39 is 0 Å². The third-order valence-corrected chi connectivity index (χ3v) is 6.05. The van der Waals surface area contributed by atoms with Crippen molar-refractivity contribution in [3.8, 4) is 0 Å². The molecule has 0 atom stereocenters. The molecule has 2 heterocycles. The molecule has 1 saturated heterocycles. The van der Waals surface area contributed by atoms with E-state index in [0.29, 0.717) is 5.92 Å². The Hall–Kier alpha value is -2.95. The molecule has 2 aliphatic rings. The number of carbonyl (C=O) groups is 1. The minimum atomic E-state index is -0.265. The van der Waals surface area contributed by atoms with Gasteiger partial charge in [-0.15, -0.1) is 10.2 Å². The van der Waals surface area contributed by atoms with Gasteiger partial charge in [0, 0.05) is 24.9 Å². The highest BCUT2D eigenvalue weighted by atomic mass is 16.4. The first-order chi connectivity index (χ1) is 14.3. The SMILES string of the molecule is O=C(C(c1ccccc1)c1ccccc1)N1CCC(c2nnc(C3CC3)o2)CC1. The van der Waals surface area contributed by atoms with Crippen LogP contribution >= 0.6 is 0 Å². The molecule has 1 aliphatic heterocycles. The molecular weight excluding hydrogens is 362 g/mol. The number of hydrogen-bond donors (Lipinski definition) is 0. The average Bonchev–Trinajstić information content (AvgIpc) is 3.52. The lowest BCUT2D eigenvalue weighted by Crippen LogP contribution is -2.41. The minimum Gasteiger partial charge on any atom is -0.425 e. The topological polar surface area (TPSA) is 59.2 Å². The third-order valence-electron chi connectivity index (χ3n) is 6.05. The highest BCUT2D eigenvalue weighted by Crippen LogP contribution is 2.40. The quantitative estimate of drug-likeness (QED) is 0.647. The Balaban J connectivity index is 1.31. The molecule has 148 valence electrons. The van der Waals surface area contributed by atoms with Crippen molar-refractivity contribution in [1.29, 1.82) is 0 Å². The summed E-state index contributed by atoms with van der Waals surface area (Å²) in [5.41, 5.74) is 2.08. The second-order valence-corrected chi connectivity index (χ2v) is 8.11. The molecule has 0 N–H and O–H groups in total. The molecular formula is C24H25N3O2. The molecule has 0 unspecified atom stereocenters. The molecule has 1 aliphatic carbocycles. The van der Waals surface area contributed by atoms with Crippen LogP contribution in [0.4, 0.5) is 0 Å². The van der Waals surface area contributed by atoms with Gasteiger partial charge in [-0.1, -0.05) is 60.7 Å². The summed E-state index contributed by atoms with van der Waals surface area (Å²) in [5.74, 6) is 2.19. The predicted octanol–water partition coefficient (Wildman–Crippen LogP) is 4.49. The van der Waals surface area contributed by atoms with E-state index in [2.05, 4.69) is 10.2 Å². The van der Waals surface area contributed by atoms with Crippen LogP contribution in [0.15, 0.2) is 65.1 Å². The lowest BCUT2D eigenvalue weighted by molar-refractivity contribution is -0.133. The summed E-state index contributed by atoms with van der Waals surface area (Å²) in [5, 5.41) is 8.50. The van der Waals surface area contributed by atoms with E-state index >= 15 is 0 Å². The van der Waals surface area contributed by atoms with Crippen LogP contribution in [0.1, 0.15) is 66.3 Å². The van der Waals surface area contributed by atoms with Gasteiger partial charge < -0.3 is 9.32 Å². The Labute approximate surface area is 170 Å². The van der Waals surface area contributed by atoms with Gasteiger partial charge in [-0.3, -0.25) is 4.79 Å². The predicted molar refractivity (Wildman–Crippen MR) is 110 cm³/mol. The Morgan fingerprint density at radius 3 is 1.76 bits per heavy atom. The highest BCUT2D eigenvalue weighted by molar-refractivity contribution is 5.87. The summed E-state index contributed by atoms with van der Waals surface area (Å²) >= 11 is 0. The summed E-state index contributed by atoms with van der Waals surface area (Å²) in [6.07, 6.45) is 4.06. The smallest absolute Gasteiger partial charge is 0.234 e. The first-order valence-corrected chi connectivity index (χ1v) is 10.5. The van der Waals surface area contributed by atoms with E-state index in [-0.39, 0.29) is 17.7 Å². The molecule has 5 rings (SSSR count). The number of hydrogen-bond acceptors (Lipinski definition) is 4. The van der Waals surface area contributed by atoms with Gasteiger partial charge in [-0.05, 0) is 36.8 Å². The van der Waals surface area contributed by atoms with E-state index in [1.807, 2.05) is 65.6 Å². The molecule has 0 spiro atoms. The number of benzene rings is 2. The fourth-order valence-corrected chi connectivity index (χ4v) is 4.20. The fourth-order valence-electron chi connectivity index (χ4n) is 4.20. The maximum atomic E-state index is 13.5. The highest BCUT2D eigenvalue weighted by Gasteiger charge is 2.34. The van der Waals surface area contributed by atoms with Crippen LogP contribution in [0.5, 0.6) is 0 Å². The third kappa shape index (κ3) is 3.82. The molecule has 3 aromatic rings. The van der Waals surface area contributed by atoms with E-state index in [1.54, 1.807) is 0 Å². The molecule has 0 bridgehead atoms. The van der Waals surface area contributed by atoms with Gasteiger partial charge in [0.25, 0.3) is 0 Å². The van der Waals surface area contributed by atoms with Gasteiger partial charge in [0.05, 0.1) is 5.92 Å². The molecule has 29 heavy (non-hydrogen) atoms. The molecule has 2 fully saturated rings. The fraction of sp³-hybridized carbons (Fsp3) is 0.375. The first-order valence-electron chi connectivity index (χ1n) is 10.5. The Kier molecular flexibility index (Phi) is 4.88. The number of amides is 1. The van der Waals surface area contributed by atoms with Crippen LogP contribution in [0.25, 0.3) is 0 Å². The van der Waals surface area contributed by atoms with Crippen LogP contribution in [0, 0.1) is 0 Å². The maximum Gasteiger partial charge on any atom is 0.234 e. The number of likely N-dealkylation sites (tertiary alicyclic amines) is 1. The zero-order chi connectivity index (χ0) is 19.6. The molecule has 5 nitrogen and oxygen atoms in total. The lowest BCUT2D eigenvalue weighted by Gasteiger charge is -2.33. The molecule has 5 heteroatoms. The molecule has 1 saturated carbocycles. The van der Waals surface area contributed by atoms with E-state index in [0.717, 1.165) is 61.7 Å². The largest absolute Gasteiger partial charge is 0.425 e. The molecule has 1 amide bonds. The van der Waals surface area contributed by atoms with E-state index in [4.69, 9.17) is 4.42 Å². The van der Waals surface area contributed by atoms with Gasteiger partial charge in [-0.25, -0.2) is 0 Å². The number of nitrogens with zero attached hydrogens (tertiary/aromatic N) is 3. The van der Waals surface area contributed by atoms with Gasteiger partial charge in [-0.2, -0.15) is 0 Å². The summed E-state index contributed by atoms with van der Waals surface area (Å²) in [7, 11) is 0. The average molecular weight is 387 g/mol. The zero-order valence-electron chi connectivity index (χ0n) is 16.4. The minimum absolute atomic E-state index is 0.171. The summed E-state index contributed by atoms with van der Waals surface area (Å²) in [6.45, 7) is 1.45. The lowest BCUT2D eigenvalue weighted by atomic mass is 9.88. The number of carbonyl (C=O) groups excluding carboxylic acids is 1. The van der Waals surface area contributed by atoms with Crippen LogP contribution in [-0.2, 0) is 4.79 Å². The second-order valence-electron chi connectivity index (χ2n) is 8.11. The maximum absolute atomic E-state index is 13.5. The van der Waals surface area contributed by atoms with Crippen LogP contribution < -0.4 is 0 Å². The van der Waals surface area contributed by atoms with Gasteiger partial charge in [0.1, 0.15) is 0 Å². The normalized spacial score (nSPS) is 17.6. The van der Waals surface area contributed by atoms with Crippen LogP contribution in [-0.4, -0.2) is 34.1 Å². The Bertz CT molecular complexity index is 919. The van der Waals surface area contributed by atoms with Crippen molar-refractivity contribution < 1.29 is 9.21 Å². The molecule has 2 aromatic carbocycles. The summed E-state index contributed by atoms with van der Waals surface area (Å²) < 4.78 is 5.90. The molecule has 0 radical (unpaired) electrons. The standard InChI is InChI=1S/C24H25N3O2/c28-24(21(17-7-3-1-4-8-17)18-9-5-2-6-10-18)27-15-13-20(14-16-27)23-26-25-22(29-23)19-11-12-19/h1-10,19-21H,11-16H2. The van der Waals surface area contributed by atoms with Crippen molar-refractivity contribution in [3.05, 3.63) is 83.6 Å². The van der Waals surface area contributed by atoms with Crippen molar-refractivity contribution >= 4 is 5.91 Å². The monoisotopic (exact) mass is 387 g/mol. The first kappa shape index (κ1) is 18.1. The van der Waals surface area contributed by atoms with Crippen LogP contribution in [0.2, 0.25) is 0 Å². The van der Waals surface area contributed by atoms with Crippen molar-refractivity contribution in [2.24, 2.45) is 0 Å². The molecule has 1 aromatic heterocycles. The van der Waals surface area contributed by atoms with Gasteiger partial charge >= 0.3 is 0 Å². The van der Waals surface area contributed by atoms with Crippen molar-refractivity contribution in [3.63, 3.8) is 0 Å². The number of aromatic nitrogens is 2. The Morgan fingerprint density at radius 1 is 0.793 bits per heavy atom. The van der Waals surface area contributed by atoms with Gasteiger partial charge in [0.15, 0.2) is 0 Å². The second kappa shape index (κ2) is 7.82. The Morgan fingerprint density at radius 2 is 1.28 bits per heavy atom. The number of piperidine rings is 1. The van der Waals surface area contributed by atoms with Gasteiger partial charge in [0.2, 0.25) is 17.7 Å². The number of rotatable bonds is 5. The van der Waals surface area contributed by atoms with Crippen molar-refractivity contribution in [2.75, 3.05) is 13.1 Å². The van der Waals surface area contributed by atoms with E-state index in [9.17, 15) is 4.79 Å².